The summed E-state index contributed by atoms with van der Waals surface area (Å²) in [7, 11) is 1.21. The average molecular weight is 187 g/mol. The maximum Gasteiger partial charge on any atom is 0.443 e. The maximum atomic E-state index is 11.0. The van der Waals surface area contributed by atoms with Crippen LogP contribution < -0.4 is 0 Å². The number of hydrogen-bond acceptors (Lipinski definition) is 4. The van der Waals surface area contributed by atoms with Gasteiger partial charge in [-0.25, -0.2) is 9.59 Å². The van der Waals surface area contributed by atoms with Crippen molar-refractivity contribution in [2.75, 3.05) is 13.7 Å². The van der Waals surface area contributed by atoms with E-state index in [0.29, 0.717) is 0 Å². The third-order valence-electron chi connectivity index (χ3n) is 1.21. The molecule has 0 atom stereocenters. The Balaban J connectivity index is 4.21. The Morgan fingerprint density at radius 3 is 2.31 bits per heavy atom. The molecule has 0 aliphatic heterocycles. The van der Waals surface area contributed by atoms with Gasteiger partial charge < -0.3 is 9.57 Å². The Hall–Kier alpha value is -1.52. The number of amides is 1. The lowest BCUT2D eigenvalue weighted by Gasteiger charge is -2.17. The van der Waals surface area contributed by atoms with Gasteiger partial charge in [-0.05, 0) is 13.8 Å². The Bertz CT molecular complexity index is 224. The van der Waals surface area contributed by atoms with E-state index >= 15 is 0 Å². The van der Waals surface area contributed by atoms with Crippen LogP contribution in [0.4, 0.5) is 4.79 Å². The van der Waals surface area contributed by atoms with E-state index in [1.165, 1.54) is 14.0 Å². The molecule has 74 valence electrons. The number of methoxy groups -OCH3 is 1. The number of carbonyl (C=O) groups excluding carboxylic acids is 2. The molecule has 1 amide bonds. The second-order valence-electron chi connectivity index (χ2n) is 2.32. The second kappa shape index (κ2) is 5.18. The molecule has 0 aliphatic rings. The summed E-state index contributed by atoms with van der Waals surface area (Å²) in [5.41, 5.74) is 0.224. The standard InChI is InChI=1S/C8H13NO4/c1-5-9(8(11)12-4)13-7(10)6(2)3/h2,5H2,1,3-4H3. The van der Waals surface area contributed by atoms with E-state index in [1.807, 2.05) is 0 Å². The van der Waals surface area contributed by atoms with Crippen molar-refractivity contribution < 1.29 is 19.2 Å². The van der Waals surface area contributed by atoms with Gasteiger partial charge in [0.1, 0.15) is 0 Å². The van der Waals surface area contributed by atoms with Gasteiger partial charge >= 0.3 is 12.1 Å². The zero-order valence-corrected chi connectivity index (χ0v) is 7.99. The zero-order valence-electron chi connectivity index (χ0n) is 7.99. The van der Waals surface area contributed by atoms with Crippen molar-refractivity contribution in [1.82, 2.24) is 5.06 Å². The average Bonchev–Trinajstić information content (AvgIpc) is 2.12. The van der Waals surface area contributed by atoms with E-state index < -0.39 is 12.1 Å². The maximum absolute atomic E-state index is 11.0. The predicted molar refractivity (Wildman–Crippen MR) is 45.7 cm³/mol. The summed E-state index contributed by atoms with van der Waals surface area (Å²) in [6.45, 7) is 6.75. The zero-order chi connectivity index (χ0) is 10.4. The van der Waals surface area contributed by atoms with Crippen molar-refractivity contribution in [1.29, 1.82) is 0 Å². The first-order valence-corrected chi connectivity index (χ1v) is 3.76. The highest BCUT2D eigenvalue weighted by atomic mass is 16.7. The molecule has 0 fully saturated rings. The van der Waals surface area contributed by atoms with E-state index in [9.17, 15) is 9.59 Å². The second-order valence-corrected chi connectivity index (χ2v) is 2.32. The van der Waals surface area contributed by atoms with Crippen LogP contribution in [0, 0.1) is 0 Å². The largest absolute Gasteiger partial charge is 0.451 e. The first kappa shape index (κ1) is 11.5. The van der Waals surface area contributed by atoms with Crippen LogP contribution in [-0.2, 0) is 14.4 Å². The van der Waals surface area contributed by atoms with Crippen molar-refractivity contribution in [2.45, 2.75) is 13.8 Å². The van der Waals surface area contributed by atoms with Gasteiger partial charge in [-0.1, -0.05) is 6.58 Å². The van der Waals surface area contributed by atoms with Crippen molar-refractivity contribution in [2.24, 2.45) is 0 Å². The van der Waals surface area contributed by atoms with Crippen molar-refractivity contribution >= 4 is 12.1 Å². The van der Waals surface area contributed by atoms with Gasteiger partial charge in [-0.2, -0.15) is 0 Å². The minimum absolute atomic E-state index is 0.224. The summed E-state index contributed by atoms with van der Waals surface area (Å²) in [5.74, 6) is -0.646. The molecule has 0 spiro atoms. The Morgan fingerprint density at radius 2 is 2.00 bits per heavy atom. The van der Waals surface area contributed by atoms with E-state index in [-0.39, 0.29) is 12.1 Å². The van der Waals surface area contributed by atoms with Gasteiger partial charge in [0.05, 0.1) is 13.7 Å². The van der Waals surface area contributed by atoms with Crippen LogP contribution in [0.2, 0.25) is 0 Å². The topological polar surface area (TPSA) is 55.8 Å². The Labute approximate surface area is 76.9 Å². The molecule has 0 unspecified atom stereocenters. The van der Waals surface area contributed by atoms with Crippen LogP contribution in [0.25, 0.3) is 0 Å². The molecule has 0 aromatic carbocycles. The van der Waals surface area contributed by atoms with Crippen molar-refractivity contribution in [3.05, 3.63) is 12.2 Å². The molecule has 0 heterocycles. The van der Waals surface area contributed by atoms with Gasteiger partial charge in [0.15, 0.2) is 0 Å². The number of ether oxygens (including phenoxy) is 1. The van der Waals surface area contributed by atoms with E-state index in [2.05, 4.69) is 16.2 Å². The Kier molecular flexibility index (Phi) is 4.58. The Morgan fingerprint density at radius 1 is 1.46 bits per heavy atom. The number of hydrogen-bond donors (Lipinski definition) is 0. The highest BCUT2D eigenvalue weighted by Gasteiger charge is 2.17. The minimum Gasteiger partial charge on any atom is -0.451 e. The molecule has 0 bridgehead atoms. The summed E-state index contributed by atoms with van der Waals surface area (Å²) >= 11 is 0. The van der Waals surface area contributed by atoms with Crippen LogP contribution in [0.3, 0.4) is 0 Å². The third kappa shape index (κ3) is 3.59. The van der Waals surface area contributed by atoms with Gasteiger partial charge in [0.25, 0.3) is 0 Å². The molecular formula is C8H13NO4. The normalized spacial score (nSPS) is 8.85. The summed E-state index contributed by atoms with van der Waals surface area (Å²) in [4.78, 5) is 26.5. The van der Waals surface area contributed by atoms with E-state index in [4.69, 9.17) is 0 Å². The van der Waals surface area contributed by atoms with E-state index in [0.717, 1.165) is 5.06 Å². The van der Waals surface area contributed by atoms with Crippen LogP contribution >= 0.6 is 0 Å². The van der Waals surface area contributed by atoms with Crippen LogP contribution in [0.5, 0.6) is 0 Å². The number of carbonyl (C=O) groups is 2. The fourth-order valence-electron chi connectivity index (χ4n) is 0.511. The molecule has 5 heteroatoms. The lowest BCUT2D eigenvalue weighted by Crippen LogP contribution is -2.33. The lowest BCUT2D eigenvalue weighted by atomic mass is 10.4. The van der Waals surface area contributed by atoms with E-state index in [1.54, 1.807) is 6.92 Å². The molecular weight excluding hydrogens is 174 g/mol. The predicted octanol–water partition coefficient (Wildman–Crippen LogP) is 1.11. The molecule has 0 N–H and O–H groups in total. The highest BCUT2D eigenvalue weighted by molar-refractivity contribution is 5.87. The summed E-state index contributed by atoms with van der Waals surface area (Å²) in [6, 6.07) is 0. The first-order valence-electron chi connectivity index (χ1n) is 3.76. The molecule has 0 aromatic heterocycles. The van der Waals surface area contributed by atoms with Gasteiger partial charge in [0.2, 0.25) is 0 Å². The molecule has 0 saturated heterocycles. The van der Waals surface area contributed by atoms with Gasteiger partial charge in [-0.15, -0.1) is 5.06 Å². The summed E-state index contributed by atoms with van der Waals surface area (Å²) in [6.07, 6.45) is -0.711. The molecule has 0 aliphatic carbocycles. The fraction of sp³-hybridized carbons (Fsp3) is 0.500. The van der Waals surface area contributed by atoms with Crippen LogP contribution in [-0.4, -0.2) is 30.8 Å². The molecule has 5 nitrogen and oxygen atoms in total. The van der Waals surface area contributed by atoms with Crippen molar-refractivity contribution in [3.63, 3.8) is 0 Å². The lowest BCUT2D eigenvalue weighted by molar-refractivity contribution is -0.175. The highest BCUT2D eigenvalue weighted by Crippen LogP contribution is 1.99. The number of nitrogens with zero attached hydrogens (tertiary/aromatic N) is 1. The molecule has 0 radical (unpaired) electrons. The first-order chi connectivity index (χ1) is 6.02. The monoisotopic (exact) mass is 187 g/mol. The quantitative estimate of drug-likeness (QED) is 0.480. The SMILES string of the molecule is C=C(C)C(=O)ON(CC)C(=O)OC. The smallest absolute Gasteiger partial charge is 0.443 e. The van der Waals surface area contributed by atoms with Crippen molar-refractivity contribution in [3.8, 4) is 0 Å². The van der Waals surface area contributed by atoms with Crippen LogP contribution in [0.15, 0.2) is 12.2 Å². The number of hydroxylamine groups is 2. The molecule has 0 aromatic rings. The minimum atomic E-state index is -0.711. The van der Waals surface area contributed by atoms with Crippen LogP contribution in [0.1, 0.15) is 13.8 Å². The number of rotatable bonds is 2. The molecule has 0 rings (SSSR count). The summed E-state index contributed by atoms with van der Waals surface area (Å²) < 4.78 is 4.36. The van der Waals surface area contributed by atoms with Gasteiger partial charge in [0, 0.05) is 5.57 Å². The fourth-order valence-corrected chi connectivity index (χ4v) is 0.511. The summed E-state index contributed by atoms with van der Waals surface area (Å²) in [5, 5.41) is 0.816. The van der Waals surface area contributed by atoms with Gasteiger partial charge in [-0.3, -0.25) is 0 Å². The molecule has 13 heavy (non-hydrogen) atoms. The third-order valence-corrected chi connectivity index (χ3v) is 1.21. The molecule has 0 saturated carbocycles.